The van der Waals surface area contributed by atoms with Crippen LogP contribution in [0.5, 0.6) is 5.75 Å². The molecule has 0 atom stereocenters. The first kappa shape index (κ1) is 20.6. The lowest BCUT2D eigenvalue weighted by Crippen LogP contribution is -2.46. The standard InChI is InChI=1S/C21H25ClFN3O2/c1-28-20-7-6-16(14-18(20)23)15-26-12-10-25(11-13-26)9-8-21(27)24-19-5-3-2-4-17(19)22/h2-7,14H,8-13,15H2,1H3,(H,24,27). The molecule has 1 aliphatic heterocycles. The molecule has 0 spiro atoms. The number of carbonyl (C=O) groups is 1. The van der Waals surface area contributed by atoms with E-state index in [9.17, 15) is 9.18 Å². The smallest absolute Gasteiger partial charge is 0.225 e. The molecule has 0 unspecified atom stereocenters. The van der Waals surface area contributed by atoms with E-state index in [0.29, 0.717) is 30.2 Å². The number of hydrogen-bond acceptors (Lipinski definition) is 4. The van der Waals surface area contributed by atoms with Crippen LogP contribution in [-0.4, -0.2) is 55.5 Å². The van der Waals surface area contributed by atoms with Gasteiger partial charge < -0.3 is 15.0 Å². The number of methoxy groups -OCH3 is 1. The number of hydrogen-bond donors (Lipinski definition) is 1. The molecule has 1 aliphatic rings. The van der Waals surface area contributed by atoms with Crippen molar-refractivity contribution in [3.63, 3.8) is 0 Å². The predicted molar refractivity (Wildman–Crippen MR) is 109 cm³/mol. The summed E-state index contributed by atoms with van der Waals surface area (Å²) < 4.78 is 18.8. The summed E-state index contributed by atoms with van der Waals surface area (Å²) in [7, 11) is 1.46. The fourth-order valence-electron chi connectivity index (χ4n) is 3.27. The summed E-state index contributed by atoms with van der Waals surface area (Å²) in [4.78, 5) is 16.7. The lowest BCUT2D eigenvalue weighted by molar-refractivity contribution is -0.116. The third-order valence-corrected chi connectivity index (χ3v) is 5.22. The van der Waals surface area contributed by atoms with Crippen molar-refractivity contribution in [3.05, 3.63) is 58.9 Å². The van der Waals surface area contributed by atoms with Crippen molar-refractivity contribution in [1.29, 1.82) is 0 Å². The number of anilines is 1. The number of halogens is 2. The summed E-state index contributed by atoms with van der Waals surface area (Å²) in [6.07, 6.45) is 0.426. The molecule has 0 saturated carbocycles. The van der Waals surface area contributed by atoms with E-state index >= 15 is 0 Å². The van der Waals surface area contributed by atoms with Gasteiger partial charge in [0.05, 0.1) is 17.8 Å². The Morgan fingerprint density at radius 2 is 1.86 bits per heavy atom. The zero-order valence-electron chi connectivity index (χ0n) is 16.0. The molecule has 2 aromatic carbocycles. The van der Waals surface area contributed by atoms with Crippen molar-refractivity contribution < 1.29 is 13.9 Å². The Hall–Kier alpha value is -2.15. The van der Waals surface area contributed by atoms with E-state index in [1.807, 2.05) is 18.2 Å². The molecule has 3 rings (SSSR count). The van der Waals surface area contributed by atoms with Crippen LogP contribution in [-0.2, 0) is 11.3 Å². The molecule has 0 bridgehead atoms. The normalized spacial score (nSPS) is 15.4. The first-order chi connectivity index (χ1) is 13.5. The molecule has 0 radical (unpaired) electrons. The number of rotatable bonds is 7. The number of ether oxygens (including phenoxy) is 1. The SMILES string of the molecule is COc1ccc(CN2CCN(CCC(=O)Nc3ccccc3Cl)CC2)cc1F. The predicted octanol–water partition coefficient (Wildman–Crippen LogP) is 3.63. The summed E-state index contributed by atoms with van der Waals surface area (Å²) in [5.41, 5.74) is 1.58. The van der Waals surface area contributed by atoms with Crippen LogP contribution < -0.4 is 10.1 Å². The molecular weight excluding hydrogens is 381 g/mol. The number of carbonyl (C=O) groups excluding carboxylic acids is 1. The zero-order chi connectivity index (χ0) is 19.9. The molecule has 1 heterocycles. The lowest BCUT2D eigenvalue weighted by atomic mass is 10.1. The first-order valence-corrected chi connectivity index (χ1v) is 9.74. The van der Waals surface area contributed by atoms with Gasteiger partial charge in [-0.2, -0.15) is 0 Å². The van der Waals surface area contributed by atoms with Crippen LogP contribution in [0.25, 0.3) is 0 Å². The summed E-state index contributed by atoms with van der Waals surface area (Å²) in [5.74, 6) is -0.101. The van der Waals surface area contributed by atoms with Gasteiger partial charge in [-0.05, 0) is 29.8 Å². The van der Waals surface area contributed by atoms with E-state index in [4.69, 9.17) is 16.3 Å². The van der Waals surface area contributed by atoms with Gasteiger partial charge in [0.15, 0.2) is 11.6 Å². The van der Waals surface area contributed by atoms with E-state index in [2.05, 4.69) is 15.1 Å². The average molecular weight is 406 g/mol. The lowest BCUT2D eigenvalue weighted by Gasteiger charge is -2.34. The van der Waals surface area contributed by atoms with E-state index in [-0.39, 0.29) is 17.5 Å². The highest BCUT2D eigenvalue weighted by Gasteiger charge is 2.18. The minimum absolute atomic E-state index is 0.0377. The molecule has 5 nitrogen and oxygen atoms in total. The molecule has 1 fully saturated rings. The van der Waals surface area contributed by atoms with Gasteiger partial charge >= 0.3 is 0 Å². The summed E-state index contributed by atoms with van der Waals surface area (Å²) in [6.45, 7) is 4.97. The molecule has 28 heavy (non-hydrogen) atoms. The van der Waals surface area contributed by atoms with Crippen LogP contribution >= 0.6 is 11.6 Å². The van der Waals surface area contributed by atoms with Crippen molar-refractivity contribution >= 4 is 23.2 Å². The second-order valence-corrected chi connectivity index (χ2v) is 7.27. The molecule has 2 aromatic rings. The molecular formula is C21H25ClFN3O2. The second kappa shape index (κ2) is 9.87. The molecule has 1 N–H and O–H groups in total. The molecule has 1 amide bonds. The largest absolute Gasteiger partial charge is 0.494 e. The Morgan fingerprint density at radius 1 is 1.14 bits per heavy atom. The Morgan fingerprint density at radius 3 is 2.54 bits per heavy atom. The molecule has 0 aromatic heterocycles. The van der Waals surface area contributed by atoms with Gasteiger partial charge in [0.25, 0.3) is 0 Å². The van der Waals surface area contributed by atoms with Crippen LogP contribution in [0, 0.1) is 5.82 Å². The van der Waals surface area contributed by atoms with Gasteiger partial charge in [0.1, 0.15) is 0 Å². The van der Waals surface area contributed by atoms with Gasteiger partial charge in [-0.25, -0.2) is 4.39 Å². The van der Waals surface area contributed by atoms with E-state index in [0.717, 1.165) is 31.7 Å². The van der Waals surface area contributed by atoms with Crippen molar-refractivity contribution in [1.82, 2.24) is 9.80 Å². The molecule has 150 valence electrons. The Balaban J connectivity index is 1.40. The number of benzene rings is 2. The maximum atomic E-state index is 13.8. The van der Waals surface area contributed by atoms with Crippen LogP contribution in [0.3, 0.4) is 0 Å². The van der Waals surface area contributed by atoms with Gasteiger partial charge in [-0.3, -0.25) is 9.69 Å². The van der Waals surface area contributed by atoms with Crippen molar-refractivity contribution in [2.75, 3.05) is 45.2 Å². The second-order valence-electron chi connectivity index (χ2n) is 6.86. The molecule has 7 heteroatoms. The van der Waals surface area contributed by atoms with Crippen molar-refractivity contribution in [3.8, 4) is 5.75 Å². The molecule has 1 saturated heterocycles. The fraction of sp³-hybridized carbons (Fsp3) is 0.381. The van der Waals surface area contributed by atoms with E-state index < -0.39 is 0 Å². The Bertz CT molecular complexity index is 810. The van der Waals surface area contributed by atoms with E-state index in [1.165, 1.54) is 13.2 Å². The van der Waals surface area contributed by atoms with Crippen LogP contribution in [0.2, 0.25) is 5.02 Å². The highest BCUT2D eigenvalue weighted by Crippen LogP contribution is 2.21. The van der Waals surface area contributed by atoms with Crippen molar-refractivity contribution in [2.45, 2.75) is 13.0 Å². The van der Waals surface area contributed by atoms with Crippen molar-refractivity contribution in [2.24, 2.45) is 0 Å². The van der Waals surface area contributed by atoms with Crippen LogP contribution in [0.1, 0.15) is 12.0 Å². The number of amides is 1. The number of para-hydroxylation sites is 1. The van der Waals surface area contributed by atoms with E-state index in [1.54, 1.807) is 18.2 Å². The first-order valence-electron chi connectivity index (χ1n) is 9.36. The summed E-state index contributed by atoms with van der Waals surface area (Å²) >= 11 is 6.07. The Kier molecular flexibility index (Phi) is 7.25. The average Bonchev–Trinajstić information content (AvgIpc) is 2.69. The zero-order valence-corrected chi connectivity index (χ0v) is 16.7. The Labute approximate surface area is 170 Å². The van der Waals surface area contributed by atoms with Gasteiger partial charge in [-0.15, -0.1) is 0 Å². The maximum Gasteiger partial charge on any atom is 0.225 e. The van der Waals surface area contributed by atoms with Gasteiger partial charge in [-0.1, -0.05) is 29.8 Å². The number of nitrogens with zero attached hydrogens (tertiary/aromatic N) is 2. The monoisotopic (exact) mass is 405 g/mol. The number of nitrogens with one attached hydrogen (secondary N) is 1. The highest BCUT2D eigenvalue weighted by atomic mass is 35.5. The molecule has 0 aliphatic carbocycles. The van der Waals surface area contributed by atoms with Gasteiger partial charge in [0, 0.05) is 45.7 Å². The fourth-order valence-corrected chi connectivity index (χ4v) is 3.46. The maximum absolute atomic E-state index is 13.8. The minimum Gasteiger partial charge on any atom is -0.494 e. The minimum atomic E-state index is -0.330. The van der Waals surface area contributed by atoms with Crippen LogP contribution in [0.4, 0.5) is 10.1 Å². The summed E-state index contributed by atoms with van der Waals surface area (Å²) in [5, 5.41) is 3.39. The van der Waals surface area contributed by atoms with Gasteiger partial charge in [0.2, 0.25) is 5.91 Å². The third kappa shape index (κ3) is 5.67. The van der Waals surface area contributed by atoms with Crippen LogP contribution in [0.15, 0.2) is 42.5 Å². The third-order valence-electron chi connectivity index (χ3n) is 4.89. The quantitative estimate of drug-likeness (QED) is 0.764. The topological polar surface area (TPSA) is 44.8 Å². The number of piperazine rings is 1. The summed E-state index contributed by atoms with van der Waals surface area (Å²) in [6, 6.07) is 12.3. The highest BCUT2D eigenvalue weighted by molar-refractivity contribution is 6.33.